The van der Waals surface area contributed by atoms with Crippen LogP contribution in [0.25, 0.3) is 11.4 Å². The van der Waals surface area contributed by atoms with Gasteiger partial charge in [-0.1, -0.05) is 17.3 Å². The second-order valence-corrected chi connectivity index (χ2v) is 8.53. The highest BCUT2D eigenvalue weighted by molar-refractivity contribution is 7.89. The lowest BCUT2D eigenvalue weighted by molar-refractivity contribution is -0.159. The lowest BCUT2D eigenvalue weighted by Gasteiger charge is -2.17. The Kier molecular flexibility index (Phi) is 5.39. The van der Waals surface area contributed by atoms with Crippen molar-refractivity contribution in [2.24, 2.45) is 0 Å². The van der Waals surface area contributed by atoms with Crippen LogP contribution < -0.4 is 4.74 Å². The van der Waals surface area contributed by atoms with Crippen molar-refractivity contribution in [3.63, 3.8) is 0 Å². The Balaban J connectivity index is 1.42. The Labute approximate surface area is 173 Å². The lowest BCUT2D eigenvalue weighted by atomic mass is 10.2. The number of alkyl halides is 3. The predicted octanol–water partition coefficient (Wildman–Crippen LogP) is 3.13. The fraction of sp³-hybridized carbons (Fsp3) is 0.278. The van der Waals surface area contributed by atoms with E-state index in [4.69, 9.17) is 4.74 Å². The quantitative estimate of drug-likeness (QED) is 0.542. The number of rotatable bonds is 5. The summed E-state index contributed by atoms with van der Waals surface area (Å²) < 4.78 is 87.8. The topological polar surface area (TPSA) is 98.4 Å². The molecule has 3 aromatic rings. The number of hydrogen-bond donors (Lipinski definition) is 0. The summed E-state index contributed by atoms with van der Waals surface area (Å²) in [5.41, 5.74) is 0.182. The molecule has 0 N–H and O–H groups in total. The zero-order chi connectivity index (χ0) is 22.2. The molecule has 0 aliphatic carbocycles. The minimum Gasteiger partial charge on any atom is -0.473 e. The van der Waals surface area contributed by atoms with Crippen LogP contribution in [-0.2, 0) is 16.2 Å². The van der Waals surface area contributed by atoms with Crippen molar-refractivity contribution in [2.45, 2.75) is 23.6 Å². The number of aromatic nitrogens is 3. The largest absolute Gasteiger partial charge is 0.473 e. The van der Waals surface area contributed by atoms with E-state index in [9.17, 15) is 26.0 Å². The van der Waals surface area contributed by atoms with Gasteiger partial charge >= 0.3 is 12.1 Å². The molecule has 164 valence electrons. The summed E-state index contributed by atoms with van der Waals surface area (Å²) in [4.78, 5) is 6.86. The molecule has 8 nitrogen and oxygen atoms in total. The molecule has 31 heavy (non-hydrogen) atoms. The first kappa shape index (κ1) is 21.2. The molecule has 1 saturated heterocycles. The van der Waals surface area contributed by atoms with E-state index in [0.29, 0.717) is 6.42 Å². The van der Waals surface area contributed by atoms with Crippen LogP contribution in [0.2, 0.25) is 0 Å². The number of ether oxygens (including phenoxy) is 1. The molecular weight excluding hydrogens is 444 g/mol. The second kappa shape index (κ2) is 7.89. The minimum atomic E-state index is -4.75. The summed E-state index contributed by atoms with van der Waals surface area (Å²) in [7, 11) is -4.01. The SMILES string of the molecule is O=S(=O)(c1ccccc1F)N1CCC(Oc2ccc(-c3noc(C(F)(F)F)n3)cn2)C1. The third-order valence-corrected chi connectivity index (χ3v) is 6.41. The Bertz CT molecular complexity index is 1180. The molecule has 0 radical (unpaired) electrons. The van der Waals surface area contributed by atoms with E-state index in [0.717, 1.165) is 10.4 Å². The minimum absolute atomic E-state index is 0.000116. The zero-order valence-corrected chi connectivity index (χ0v) is 16.4. The number of pyridine rings is 1. The van der Waals surface area contributed by atoms with Gasteiger partial charge in [-0.25, -0.2) is 17.8 Å². The lowest BCUT2D eigenvalue weighted by Crippen LogP contribution is -2.31. The van der Waals surface area contributed by atoms with Crippen molar-refractivity contribution < 1.29 is 35.2 Å². The van der Waals surface area contributed by atoms with Gasteiger partial charge in [0.15, 0.2) is 0 Å². The van der Waals surface area contributed by atoms with E-state index in [1.165, 1.54) is 36.5 Å². The van der Waals surface area contributed by atoms with Crippen molar-refractivity contribution in [3.8, 4) is 17.3 Å². The van der Waals surface area contributed by atoms with Gasteiger partial charge in [0.25, 0.3) is 0 Å². The number of sulfonamides is 1. The average Bonchev–Trinajstić information content (AvgIpc) is 3.39. The first-order chi connectivity index (χ1) is 14.6. The van der Waals surface area contributed by atoms with Crippen LogP contribution in [0.4, 0.5) is 17.6 Å². The second-order valence-electron chi connectivity index (χ2n) is 6.63. The highest BCUT2D eigenvalue weighted by Gasteiger charge is 2.38. The molecular formula is C18H14F4N4O4S. The van der Waals surface area contributed by atoms with Gasteiger partial charge in [-0.15, -0.1) is 0 Å². The van der Waals surface area contributed by atoms with Gasteiger partial charge in [-0.05, 0) is 24.6 Å². The smallest absolute Gasteiger partial charge is 0.471 e. The Morgan fingerprint density at radius 1 is 1.16 bits per heavy atom. The van der Waals surface area contributed by atoms with Gasteiger partial charge in [0.05, 0.1) is 6.54 Å². The fourth-order valence-corrected chi connectivity index (χ4v) is 4.57. The van der Waals surface area contributed by atoms with Crippen LogP contribution >= 0.6 is 0 Å². The van der Waals surface area contributed by atoms with Gasteiger partial charge in [0.1, 0.15) is 16.8 Å². The first-order valence-electron chi connectivity index (χ1n) is 8.93. The molecule has 0 spiro atoms. The molecule has 3 heterocycles. The highest BCUT2D eigenvalue weighted by atomic mass is 32.2. The van der Waals surface area contributed by atoms with Crippen molar-refractivity contribution >= 4 is 10.0 Å². The van der Waals surface area contributed by atoms with Crippen molar-refractivity contribution in [1.29, 1.82) is 0 Å². The van der Waals surface area contributed by atoms with E-state index in [2.05, 4.69) is 19.6 Å². The standard InChI is InChI=1S/C18H14F4N4O4S/c19-13-3-1-2-4-14(13)31(27,28)26-8-7-12(10-26)29-15-6-5-11(9-23-15)16-24-17(30-25-16)18(20,21)22/h1-6,9,12H,7-8,10H2. The van der Waals surface area contributed by atoms with Gasteiger partial charge in [-0.2, -0.15) is 22.5 Å². The van der Waals surface area contributed by atoms with Crippen molar-refractivity contribution in [1.82, 2.24) is 19.4 Å². The fourth-order valence-electron chi connectivity index (χ4n) is 3.01. The summed E-state index contributed by atoms with van der Waals surface area (Å²) in [5.74, 6) is -2.45. The Morgan fingerprint density at radius 2 is 1.94 bits per heavy atom. The van der Waals surface area contributed by atoms with Gasteiger partial charge in [0.2, 0.25) is 21.7 Å². The number of nitrogens with zero attached hydrogens (tertiary/aromatic N) is 4. The molecule has 1 aliphatic heterocycles. The summed E-state index contributed by atoms with van der Waals surface area (Å²) in [6.07, 6.45) is -3.71. The maximum Gasteiger partial charge on any atom is 0.471 e. The molecule has 0 amide bonds. The van der Waals surface area contributed by atoms with E-state index < -0.39 is 38.9 Å². The molecule has 0 saturated carbocycles. The Morgan fingerprint density at radius 3 is 2.58 bits per heavy atom. The monoisotopic (exact) mass is 458 g/mol. The molecule has 13 heteroatoms. The van der Waals surface area contributed by atoms with Crippen LogP contribution in [0.15, 0.2) is 52.0 Å². The van der Waals surface area contributed by atoms with E-state index in [1.807, 2.05) is 0 Å². The van der Waals surface area contributed by atoms with E-state index >= 15 is 0 Å². The summed E-state index contributed by atoms with van der Waals surface area (Å²) in [5, 5.41) is 3.27. The van der Waals surface area contributed by atoms with Crippen LogP contribution in [-0.4, -0.2) is 47.0 Å². The molecule has 1 aromatic carbocycles. The predicted molar refractivity (Wildman–Crippen MR) is 96.7 cm³/mol. The maximum atomic E-state index is 13.9. The number of hydrogen-bond acceptors (Lipinski definition) is 7. The van der Waals surface area contributed by atoms with Crippen LogP contribution in [0.5, 0.6) is 5.88 Å². The molecule has 1 atom stereocenters. The van der Waals surface area contributed by atoms with E-state index in [-0.39, 0.29) is 30.4 Å². The first-order valence-corrected chi connectivity index (χ1v) is 10.4. The van der Waals surface area contributed by atoms with Gasteiger partial charge in [0, 0.05) is 24.4 Å². The third-order valence-electron chi connectivity index (χ3n) is 4.51. The normalized spacial score (nSPS) is 17.7. The molecule has 2 aromatic heterocycles. The van der Waals surface area contributed by atoms with Gasteiger partial charge in [-0.3, -0.25) is 0 Å². The molecule has 4 rings (SSSR count). The van der Waals surface area contributed by atoms with Crippen LogP contribution in [0, 0.1) is 5.82 Å². The number of halogens is 4. The van der Waals surface area contributed by atoms with E-state index in [1.54, 1.807) is 0 Å². The number of benzene rings is 1. The van der Waals surface area contributed by atoms with Crippen LogP contribution in [0.1, 0.15) is 12.3 Å². The zero-order valence-electron chi connectivity index (χ0n) is 15.6. The maximum absolute atomic E-state index is 13.9. The molecule has 0 bridgehead atoms. The highest BCUT2D eigenvalue weighted by Crippen LogP contribution is 2.30. The summed E-state index contributed by atoms with van der Waals surface area (Å²) in [6.45, 7) is 0.141. The summed E-state index contributed by atoms with van der Waals surface area (Å²) >= 11 is 0. The molecule has 1 unspecified atom stereocenters. The van der Waals surface area contributed by atoms with Gasteiger partial charge < -0.3 is 9.26 Å². The van der Waals surface area contributed by atoms with Crippen molar-refractivity contribution in [2.75, 3.05) is 13.1 Å². The third kappa shape index (κ3) is 4.37. The Hall–Kier alpha value is -3.06. The molecule has 1 fully saturated rings. The average molecular weight is 458 g/mol. The van der Waals surface area contributed by atoms with Crippen molar-refractivity contribution in [3.05, 3.63) is 54.3 Å². The molecule has 1 aliphatic rings. The van der Waals surface area contributed by atoms with Crippen LogP contribution in [0.3, 0.4) is 0 Å². The summed E-state index contributed by atoms with van der Waals surface area (Å²) in [6, 6.07) is 7.90.